The summed E-state index contributed by atoms with van der Waals surface area (Å²) >= 11 is 0. The molecule has 1 saturated heterocycles. The second kappa shape index (κ2) is 5.98. The lowest BCUT2D eigenvalue weighted by atomic mass is 10.3. The molecule has 1 fully saturated rings. The highest BCUT2D eigenvalue weighted by molar-refractivity contribution is 5.44. The fourth-order valence-electron chi connectivity index (χ4n) is 2.48. The predicted octanol–water partition coefficient (Wildman–Crippen LogP) is 0.199. The molecule has 3 heterocycles. The number of H-pyrrole nitrogens is 2. The zero-order valence-electron chi connectivity index (χ0n) is 12.3. The zero-order valence-corrected chi connectivity index (χ0v) is 12.3. The molecule has 0 atom stereocenters. The molecule has 2 N–H and O–H groups in total. The smallest absolute Gasteiger partial charge is 0.354 e. The highest BCUT2D eigenvalue weighted by Gasteiger charge is 2.33. The van der Waals surface area contributed by atoms with Crippen molar-refractivity contribution in [3.8, 4) is 0 Å². The van der Waals surface area contributed by atoms with Crippen LogP contribution in [0.4, 0.5) is 24.8 Å². The third-order valence-corrected chi connectivity index (χ3v) is 3.63. The molecule has 8 nitrogen and oxygen atoms in total. The van der Waals surface area contributed by atoms with Crippen LogP contribution in [0.25, 0.3) is 0 Å². The fraction of sp³-hybridized carbons (Fsp3) is 0.385. The van der Waals surface area contributed by atoms with E-state index in [-0.39, 0.29) is 5.82 Å². The molecule has 1 aliphatic heterocycles. The third-order valence-electron chi connectivity index (χ3n) is 3.63. The summed E-state index contributed by atoms with van der Waals surface area (Å²) in [6.45, 7) is 1.63. The van der Waals surface area contributed by atoms with Crippen molar-refractivity contribution < 1.29 is 13.2 Å². The van der Waals surface area contributed by atoms with Gasteiger partial charge in [0.2, 0.25) is 0 Å². The minimum atomic E-state index is -4.52. The average molecular weight is 342 g/mol. The number of alkyl halides is 3. The molecule has 2 aromatic heterocycles. The lowest BCUT2D eigenvalue weighted by molar-refractivity contribution is -0.141. The Morgan fingerprint density at radius 1 is 0.958 bits per heavy atom. The van der Waals surface area contributed by atoms with Gasteiger partial charge < -0.3 is 9.80 Å². The number of anilines is 2. The molecule has 0 spiro atoms. The van der Waals surface area contributed by atoms with Gasteiger partial charge in [-0.2, -0.15) is 13.2 Å². The summed E-state index contributed by atoms with van der Waals surface area (Å²) in [6, 6.07) is 2.17. The monoisotopic (exact) mass is 342 g/mol. The predicted molar refractivity (Wildman–Crippen MR) is 79.1 cm³/mol. The maximum atomic E-state index is 12.7. The molecule has 0 aromatic carbocycles. The molecule has 0 radical (unpaired) electrons. The minimum absolute atomic E-state index is 0.191. The Morgan fingerprint density at radius 2 is 1.62 bits per heavy atom. The van der Waals surface area contributed by atoms with Crippen molar-refractivity contribution in [3.05, 3.63) is 45.0 Å². The van der Waals surface area contributed by atoms with Crippen LogP contribution in [0.3, 0.4) is 0 Å². The van der Waals surface area contributed by atoms with Crippen molar-refractivity contribution in [2.75, 3.05) is 36.0 Å². The molecule has 0 saturated carbocycles. The van der Waals surface area contributed by atoms with E-state index < -0.39 is 23.1 Å². The normalized spacial score (nSPS) is 15.6. The van der Waals surface area contributed by atoms with Crippen molar-refractivity contribution in [1.82, 2.24) is 19.9 Å². The Bertz CT molecular complexity index is 810. The van der Waals surface area contributed by atoms with E-state index in [9.17, 15) is 22.8 Å². The summed E-state index contributed by atoms with van der Waals surface area (Å²) in [7, 11) is 0. The van der Waals surface area contributed by atoms with E-state index in [1.54, 1.807) is 9.80 Å². The van der Waals surface area contributed by atoms with Gasteiger partial charge in [-0.1, -0.05) is 0 Å². The van der Waals surface area contributed by atoms with Crippen LogP contribution in [0.1, 0.15) is 5.69 Å². The molecule has 0 bridgehead atoms. The van der Waals surface area contributed by atoms with Gasteiger partial charge in [0.15, 0.2) is 0 Å². The number of halogens is 3. The van der Waals surface area contributed by atoms with Gasteiger partial charge in [0.05, 0.1) is 0 Å². The van der Waals surface area contributed by atoms with Crippen molar-refractivity contribution in [2.45, 2.75) is 6.18 Å². The summed E-state index contributed by atoms with van der Waals surface area (Å²) < 4.78 is 38.1. The molecule has 0 aliphatic carbocycles. The van der Waals surface area contributed by atoms with E-state index in [1.165, 1.54) is 6.07 Å². The van der Waals surface area contributed by atoms with Gasteiger partial charge in [-0.3, -0.25) is 14.8 Å². The summed E-state index contributed by atoms with van der Waals surface area (Å²) in [5.74, 6) is 0.568. The van der Waals surface area contributed by atoms with E-state index in [0.717, 1.165) is 12.4 Å². The highest BCUT2D eigenvalue weighted by atomic mass is 19.4. The zero-order chi connectivity index (χ0) is 17.3. The van der Waals surface area contributed by atoms with E-state index in [1.807, 2.05) is 0 Å². The molecular weight excluding hydrogens is 329 g/mol. The van der Waals surface area contributed by atoms with Crippen LogP contribution in [-0.2, 0) is 6.18 Å². The van der Waals surface area contributed by atoms with Crippen molar-refractivity contribution in [2.24, 2.45) is 0 Å². The topological polar surface area (TPSA) is 98.0 Å². The number of piperazine rings is 1. The molecule has 2 aromatic rings. The first-order valence-corrected chi connectivity index (χ1v) is 7.06. The lowest BCUT2D eigenvalue weighted by Gasteiger charge is -2.36. The van der Waals surface area contributed by atoms with Crippen molar-refractivity contribution in [3.63, 3.8) is 0 Å². The van der Waals surface area contributed by atoms with Crippen LogP contribution in [0.2, 0.25) is 0 Å². The number of aromatic amines is 2. The summed E-state index contributed by atoms with van der Waals surface area (Å²) in [5.41, 5.74) is -2.11. The number of hydrogen-bond donors (Lipinski definition) is 2. The van der Waals surface area contributed by atoms with Crippen molar-refractivity contribution >= 4 is 11.6 Å². The van der Waals surface area contributed by atoms with Gasteiger partial charge in [-0.05, 0) is 0 Å². The van der Waals surface area contributed by atoms with Gasteiger partial charge in [-0.25, -0.2) is 14.8 Å². The Labute approximate surface area is 133 Å². The maximum Gasteiger partial charge on any atom is 0.433 e. The standard InChI is InChI=1S/C13H13F3N6O2/c14-13(15,16)8-5-9(18-7-17-8)21-1-3-22(4-2-21)10-6-11(23)20-12(24)19-10/h5-7H,1-4H2,(H2,19,20,23,24). The van der Waals surface area contributed by atoms with E-state index >= 15 is 0 Å². The summed E-state index contributed by atoms with van der Waals surface area (Å²) in [5, 5.41) is 0. The van der Waals surface area contributed by atoms with Gasteiger partial charge in [-0.15, -0.1) is 0 Å². The van der Waals surface area contributed by atoms with E-state index in [4.69, 9.17) is 0 Å². The molecule has 1 aliphatic rings. The van der Waals surface area contributed by atoms with Crippen LogP contribution >= 0.6 is 0 Å². The number of rotatable bonds is 2. The quantitative estimate of drug-likeness (QED) is 0.809. The SMILES string of the molecule is O=c1cc(N2CCN(c3cc(C(F)(F)F)ncn3)CC2)[nH]c(=O)[nH]1. The second-order valence-electron chi connectivity index (χ2n) is 5.21. The molecule has 11 heteroatoms. The number of aromatic nitrogens is 4. The molecule has 128 valence electrons. The number of hydrogen-bond acceptors (Lipinski definition) is 6. The third kappa shape index (κ3) is 3.39. The maximum absolute atomic E-state index is 12.7. The number of nitrogens with zero attached hydrogens (tertiary/aromatic N) is 4. The first-order valence-electron chi connectivity index (χ1n) is 7.06. The Hall–Kier alpha value is -2.85. The van der Waals surface area contributed by atoms with Gasteiger partial charge in [0.25, 0.3) is 5.56 Å². The van der Waals surface area contributed by atoms with Crippen molar-refractivity contribution in [1.29, 1.82) is 0 Å². The van der Waals surface area contributed by atoms with Crippen LogP contribution in [0.15, 0.2) is 28.0 Å². The Kier molecular flexibility index (Phi) is 3.99. The van der Waals surface area contributed by atoms with E-state index in [2.05, 4.69) is 19.9 Å². The lowest BCUT2D eigenvalue weighted by Crippen LogP contribution is -2.48. The molecule has 3 rings (SSSR count). The minimum Gasteiger partial charge on any atom is -0.354 e. The summed E-state index contributed by atoms with van der Waals surface area (Å²) in [6.07, 6.45) is -3.64. The Morgan fingerprint density at radius 3 is 2.25 bits per heavy atom. The fourth-order valence-corrected chi connectivity index (χ4v) is 2.48. The highest BCUT2D eigenvalue weighted by Crippen LogP contribution is 2.29. The molecule has 0 unspecified atom stereocenters. The summed E-state index contributed by atoms with van der Waals surface area (Å²) in [4.78, 5) is 37.8. The Balaban J connectivity index is 1.73. The van der Waals surface area contributed by atoms with Crippen LogP contribution in [-0.4, -0.2) is 46.1 Å². The number of nitrogens with one attached hydrogen (secondary N) is 2. The van der Waals surface area contributed by atoms with Gasteiger partial charge in [0.1, 0.15) is 23.7 Å². The first kappa shape index (κ1) is 16.0. The van der Waals surface area contributed by atoms with Crippen LogP contribution < -0.4 is 21.0 Å². The van der Waals surface area contributed by atoms with Gasteiger partial charge >= 0.3 is 11.9 Å². The molecular formula is C13H13F3N6O2. The van der Waals surface area contributed by atoms with Crippen LogP contribution in [0.5, 0.6) is 0 Å². The van der Waals surface area contributed by atoms with Gasteiger partial charge in [0, 0.05) is 38.3 Å². The second-order valence-corrected chi connectivity index (χ2v) is 5.21. The van der Waals surface area contributed by atoms with Crippen LogP contribution in [0, 0.1) is 0 Å². The average Bonchev–Trinajstić information content (AvgIpc) is 2.53. The largest absolute Gasteiger partial charge is 0.433 e. The first-order chi connectivity index (χ1) is 11.3. The molecule has 0 amide bonds. The van der Waals surface area contributed by atoms with E-state index in [0.29, 0.717) is 32.0 Å². The molecule has 24 heavy (non-hydrogen) atoms.